The molecular formula is C21H25N3O5. The second-order valence-corrected chi connectivity index (χ2v) is 6.64. The number of aromatic hydroxyl groups is 1. The maximum atomic E-state index is 12.6. The molecule has 29 heavy (non-hydrogen) atoms. The lowest BCUT2D eigenvalue weighted by Gasteiger charge is -2.18. The van der Waals surface area contributed by atoms with Gasteiger partial charge in [0.05, 0.1) is 5.56 Å². The highest BCUT2D eigenvalue weighted by Crippen LogP contribution is 2.29. The van der Waals surface area contributed by atoms with Gasteiger partial charge in [-0.05, 0) is 67.3 Å². The number of benzene rings is 2. The van der Waals surface area contributed by atoms with Crippen LogP contribution in [0, 0.1) is 0 Å². The number of nitrogens with one attached hydrogen (secondary N) is 2. The van der Waals surface area contributed by atoms with Crippen LogP contribution in [0.2, 0.25) is 0 Å². The summed E-state index contributed by atoms with van der Waals surface area (Å²) in [5, 5.41) is 24.5. The summed E-state index contributed by atoms with van der Waals surface area (Å²) in [5.41, 5.74) is 6.75. The number of aromatic carboxylic acids is 1. The molecule has 0 bridgehead atoms. The molecule has 6 N–H and O–H groups in total. The number of amides is 2. The van der Waals surface area contributed by atoms with E-state index in [2.05, 4.69) is 10.6 Å². The van der Waals surface area contributed by atoms with Gasteiger partial charge >= 0.3 is 5.97 Å². The number of phenolic OH excluding ortho intramolecular Hbond substituents is 1. The number of carbonyl (C=O) groups is 3. The average Bonchev–Trinajstić information content (AvgIpc) is 2.66. The Morgan fingerprint density at radius 2 is 1.86 bits per heavy atom. The molecule has 0 spiro atoms. The number of hydrogen-bond acceptors (Lipinski definition) is 5. The number of anilines is 1. The zero-order valence-electron chi connectivity index (χ0n) is 16.1. The summed E-state index contributed by atoms with van der Waals surface area (Å²) < 4.78 is 0. The van der Waals surface area contributed by atoms with Crippen molar-refractivity contribution in [2.24, 2.45) is 5.73 Å². The zero-order valence-corrected chi connectivity index (χ0v) is 16.1. The lowest BCUT2D eigenvalue weighted by molar-refractivity contribution is -0.125. The Balaban J connectivity index is 2.29. The van der Waals surface area contributed by atoms with E-state index in [9.17, 15) is 24.6 Å². The second kappa shape index (κ2) is 10.2. The van der Waals surface area contributed by atoms with Crippen molar-refractivity contribution in [1.29, 1.82) is 0 Å². The van der Waals surface area contributed by atoms with Gasteiger partial charge in [-0.25, -0.2) is 4.79 Å². The summed E-state index contributed by atoms with van der Waals surface area (Å²) in [6, 6.07) is 9.88. The number of nitrogens with two attached hydrogens (primary N) is 1. The number of carboxylic acid groups (broad SMARTS) is 1. The molecule has 2 rings (SSSR count). The first-order valence-electron chi connectivity index (χ1n) is 9.26. The summed E-state index contributed by atoms with van der Waals surface area (Å²) in [5.74, 6) is -1.85. The molecule has 8 heteroatoms. The van der Waals surface area contributed by atoms with E-state index >= 15 is 0 Å². The monoisotopic (exact) mass is 399 g/mol. The molecule has 0 radical (unpaired) electrons. The minimum absolute atomic E-state index is 0.00102. The maximum absolute atomic E-state index is 12.6. The largest absolute Gasteiger partial charge is 0.508 e. The van der Waals surface area contributed by atoms with Crippen LogP contribution >= 0.6 is 0 Å². The molecule has 154 valence electrons. The van der Waals surface area contributed by atoms with Crippen LogP contribution < -0.4 is 16.4 Å². The predicted octanol–water partition coefficient (Wildman–Crippen LogP) is 2.33. The van der Waals surface area contributed by atoms with E-state index in [0.717, 1.165) is 6.42 Å². The third kappa shape index (κ3) is 6.32. The molecule has 0 fully saturated rings. The molecule has 1 atom stereocenters. The van der Waals surface area contributed by atoms with Crippen LogP contribution in [0.4, 0.5) is 5.69 Å². The van der Waals surface area contributed by atoms with E-state index < -0.39 is 17.9 Å². The van der Waals surface area contributed by atoms with Crippen molar-refractivity contribution in [2.45, 2.75) is 32.2 Å². The van der Waals surface area contributed by atoms with Crippen molar-refractivity contribution in [3.8, 4) is 16.9 Å². The molecule has 0 heterocycles. The van der Waals surface area contributed by atoms with Gasteiger partial charge in [0.1, 0.15) is 11.8 Å². The molecule has 2 amide bonds. The third-order valence-corrected chi connectivity index (χ3v) is 4.32. The molecule has 0 saturated heterocycles. The summed E-state index contributed by atoms with van der Waals surface area (Å²) in [6.07, 6.45) is 1.86. The molecule has 0 aliphatic carbocycles. The van der Waals surface area contributed by atoms with Gasteiger partial charge in [0, 0.05) is 12.6 Å². The molecule has 8 nitrogen and oxygen atoms in total. The maximum Gasteiger partial charge on any atom is 0.336 e. The minimum Gasteiger partial charge on any atom is -0.508 e. The minimum atomic E-state index is -1.13. The van der Waals surface area contributed by atoms with Crippen LogP contribution in [0.15, 0.2) is 42.5 Å². The fraction of sp³-hybridized carbons (Fsp3) is 0.286. The Hall–Kier alpha value is -3.39. The van der Waals surface area contributed by atoms with Gasteiger partial charge in [0.25, 0.3) is 0 Å². The van der Waals surface area contributed by atoms with E-state index in [-0.39, 0.29) is 17.2 Å². The molecule has 0 aliphatic rings. The number of unbranched alkanes of at least 4 members (excludes halogenated alkanes) is 1. The molecule has 0 aromatic heterocycles. The highest BCUT2D eigenvalue weighted by Gasteiger charge is 2.20. The number of phenols is 1. The Labute approximate surface area is 168 Å². The fourth-order valence-corrected chi connectivity index (χ4v) is 2.96. The predicted molar refractivity (Wildman–Crippen MR) is 110 cm³/mol. The van der Waals surface area contributed by atoms with Gasteiger partial charge in [0.15, 0.2) is 0 Å². The van der Waals surface area contributed by atoms with Gasteiger partial charge in [0.2, 0.25) is 11.8 Å². The van der Waals surface area contributed by atoms with Crippen LogP contribution in [-0.4, -0.2) is 40.6 Å². The van der Waals surface area contributed by atoms with Crippen molar-refractivity contribution in [2.75, 3.05) is 11.9 Å². The lowest BCUT2D eigenvalue weighted by atomic mass is 9.98. The lowest BCUT2D eigenvalue weighted by Crippen LogP contribution is -2.42. The highest BCUT2D eigenvalue weighted by atomic mass is 16.4. The molecule has 0 aliphatic heterocycles. The molecule has 0 saturated carbocycles. The normalized spacial score (nSPS) is 11.5. The van der Waals surface area contributed by atoms with Crippen LogP contribution in [0.1, 0.15) is 36.5 Å². The van der Waals surface area contributed by atoms with Crippen molar-refractivity contribution >= 4 is 23.5 Å². The van der Waals surface area contributed by atoms with Gasteiger partial charge in [-0.1, -0.05) is 12.1 Å². The quantitative estimate of drug-likeness (QED) is 0.410. The van der Waals surface area contributed by atoms with Gasteiger partial charge < -0.3 is 26.6 Å². The Morgan fingerprint density at radius 1 is 1.10 bits per heavy atom. The van der Waals surface area contributed by atoms with Crippen molar-refractivity contribution < 1.29 is 24.6 Å². The summed E-state index contributed by atoms with van der Waals surface area (Å²) in [6.45, 7) is 1.84. The first kappa shape index (κ1) is 21.9. The molecule has 2 aromatic carbocycles. The van der Waals surface area contributed by atoms with Crippen LogP contribution in [0.5, 0.6) is 5.75 Å². The van der Waals surface area contributed by atoms with Crippen molar-refractivity contribution in [3.63, 3.8) is 0 Å². The molecule has 2 aromatic rings. The average molecular weight is 399 g/mol. The first-order valence-corrected chi connectivity index (χ1v) is 9.26. The standard InChI is InChI=1S/C21H25N3O5/c1-13(25)23-19(7-2-3-10-22)20(27)24-15-8-9-17(21(28)29)18(12-15)14-5-4-6-16(26)11-14/h4-6,8-9,11-12,19,26H,2-3,7,10,22H2,1H3,(H,23,25)(H,24,27)(H,28,29). The Kier molecular flexibility index (Phi) is 7.73. The summed E-state index contributed by atoms with van der Waals surface area (Å²) in [4.78, 5) is 35.7. The molecule has 1 unspecified atom stereocenters. The topological polar surface area (TPSA) is 142 Å². The number of hydrogen-bond donors (Lipinski definition) is 5. The van der Waals surface area contributed by atoms with Gasteiger partial charge in [-0.2, -0.15) is 0 Å². The Bertz CT molecular complexity index is 898. The smallest absolute Gasteiger partial charge is 0.336 e. The van der Waals surface area contributed by atoms with Crippen molar-refractivity contribution in [3.05, 3.63) is 48.0 Å². The van der Waals surface area contributed by atoms with Crippen molar-refractivity contribution in [1.82, 2.24) is 5.32 Å². The van der Waals surface area contributed by atoms with E-state index in [0.29, 0.717) is 36.2 Å². The second-order valence-electron chi connectivity index (χ2n) is 6.64. The third-order valence-electron chi connectivity index (χ3n) is 4.32. The van der Waals surface area contributed by atoms with Gasteiger partial charge in [-0.15, -0.1) is 0 Å². The zero-order chi connectivity index (χ0) is 21.4. The summed E-state index contributed by atoms with van der Waals surface area (Å²) >= 11 is 0. The van der Waals surface area contributed by atoms with Gasteiger partial charge in [-0.3, -0.25) is 9.59 Å². The first-order chi connectivity index (χ1) is 13.8. The fourth-order valence-electron chi connectivity index (χ4n) is 2.96. The highest BCUT2D eigenvalue weighted by molar-refractivity contribution is 6.00. The van der Waals surface area contributed by atoms with E-state index in [4.69, 9.17) is 5.73 Å². The van der Waals surface area contributed by atoms with E-state index in [1.165, 1.54) is 37.3 Å². The summed E-state index contributed by atoms with van der Waals surface area (Å²) in [7, 11) is 0. The number of carboxylic acids is 1. The number of carbonyl (C=O) groups excluding carboxylic acids is 2. The van der Waals surface area contributed by atoms with Crippen LogP contribution in [0.3, 0.4) is 0 Å². The number of rotatable bonds is 9. The Morgan fingerprint density at radius 3 is 2.48 bits per heavy atom. The van der Waals surface area contributed by atoms with E-state index in [1.54, 1.807) is 12.1 Å². The molecular weight excluding hydrogens is 374 g/mol. The van der Waals surface area contributed by atoms with E-state index in [1.807, 2.05) is 0 Å². The van der Waals surface area contributed by atoms with Crippen LogP contribution in [0.25, 0.3) is 11.1 Å². The SMILES string of the molecule is CC(=O)NC(CCCCN)C(=O)Nc1ccc(C(=O)O)c(-c2cccc(O)c2)c1. The van der Waals surface area contributed by atoms with Crippen LogP contribution in [-0.2, 0) is 9.59 Å².